The minimum Gasteiger partial charge on any atom is -0.486 e. The molecule has 0 bridgehead atoms. The Hall–Kier alpha value is -3.47. The number of sulfonamides is 1. The highest BCUT2D eigenvalue weighted by Crippen LogP contribution is 2.35. The molecule has 9 nitrogen and oxygen atoms in total. The van der Waals surface area contributed by atoms with Crippen LogP contribution >= 0.6 is 23.2 Å². The van der Waals surface area contributed by atoms with Crippen LogP contribution in [0.4, 0.5) is 5.69 Å². The zero-order chi connectivity index (χ0) is 32.6. The van der Waals surface area contributed by atoms with Crippen molar-refractivity contribution in [3.8, 4) is 11.5 Å². The lowest BCUT2D eigenvalue weighted by Crippen LogP contribution is -2.51. The first-order chi connectivity index (χ1) is 21.4. The van der Waals surface area contributed by atoms with E-state index in [9.17, 15) is 18.0 Å². The fraction of sp³-hybridized carbons (Fsp3) is 0.394. The number of rotatable bonds is 14. The maximum absolute atomic E-state index is 14.0. The van der Waals surface area contributed by atoms with Crippen LogP contribution in [0, 0.1) is 5.92 Å². The summed E-state index contributed by atoms with van der Waals surface area (Å²) in [5.41, 5.74) is 1.94. The number of hydrogen-bond acceptors (Lipinski definition) is 6. The number of ether oxygens (including phenoxy) is 2. The van der Waals surface area contributed by atoms with Crippen LogP contribution < -0.4 is 19.1 Å². The summed E-state index contributed by atoms with van der Waals surface area (Å²) in [5.74, 6) is 0.636. The molecule has 0 aliphatic carbocycles. The first-order valence-corrected chi connectivity index (χ1v) is 17.4. The zero-order valence-electron chi connectivity index (χ0n) is 25.7. The number of carbonyl (C=O) groups is 2. The van der Waals surface area contributed by atoms with Crippen LogP contribution in [0.3, 0.4) is 0 Å². The molecule has 1 atom stereocenters. The van der Waals surface area contributed by atoms with Crippen LogP contribution in [0.5, 0.6) is 11.5 Å². The third-order valence-corrected chi connectivity index (χ3v) is 9.06. The Morgan fingerprint density at radius 1 is 0.956 bits per heavy atom. The van der Waals surface area contributed by atoms with Gasteiger partial charge < -0.3 is 19.7 Å². The molecule has 242 valence electrons. The maximum atomic E-state index is 14.0. The van der Waals surface area contributed by atoms with Gasteiger partial charge in [-0.2, -0.15) is 0 Å². The summed E-state index contributed by atoms with van der Waals surface area (Å²) in [4.78, 5) is 29.2. The average Bonchev–Trinajstić information content (AvgIpc) is 3.00. The molecule has 0 fully saturated rings. The van der Waals surface area contributed by atoms with Crippen molar-refractivity contribution in [1.82, 2.24) is 10.2 Å². The zero-order valence-corrected chi connectivity index (χ0v) is 28.0. The van der Waals surface area contributed by atoms with Crippen molar-refractivity contribution in [1.29, 1.82) is 0 Å². The Morgan fingerprint density at radius 2 is 1.67 bits per heavy atom. The van der Waals surface area contributed by atoms with Gasteiger partial charge in [0.05, 0.1) is 11.9 Å². The highest BCUT2D eigenvalue weighted by atomic mass is 35.5. The van der Waals surface area contributed by atoms with Gasteiger partial charge in [0, 0.05) is 48.6 Å². The quantitative estimate of drug-likeness (QED) is 0.234. The summed E-state index contributed by atoms with van der Waals surface area (Å²) < 4.78 is 38.1. The number of fused-ring (bicyclic) bond motifs is 1. The molecule has 1 aliphatic rings. The smallest absolute Gasteiger partial charge is 0.243 e. The molecule has 1 aliphatic heterocycles. The molecule has 0 saturated heterocycles. The molecule has 0 unspecified atom stereocenters. The van der Waals surface area contributed by atoms with Crippen molar-refractivity contribution in [2.75, 3.05) is 36.9 Å². The van der Waals surface area contributed by atoms with Gasteiger partial charge in [0.1, 0.15) is 19.3 Å². The van der Waals surface area contributed by atoms with Crippen molar-refractivity contribution in [2.24, 2.45) is 5.92 Å². The van der Waals surface area contributed by atoms with Crippen LogP contribution in [-0.4, -0.2) is 63.7 Å². The second-order valence-electron chi connectivity index (χ2n) is 11.4. The van der Waals surface area contributed by atoms with Crippen LogP contribution in [0.1, 0.15) is 37.8 Å². The molecule has 0 spiro atoms. The Bertz CT molecular complexity index is 1590. The molecule has 0 radical (unpaired) electrons. The maximum Gasteiger partial charge on any atom is 0.243 e. The van der Waals surface area contributed by atoms with E-state index in [4.69, 9.17) is 32.7 Å². The van der Waals surface area contributed by atoms with E-state index in [0.717, 1.165) is 11.8 Å². The minimum absolute atomic E-state index is 0.00939. The Labute approximate surface area is 275 Å². The van der Waals surface area contributed by atoms with E-state index >= 15 is 0 Å². The van der Waals surface area contributed by atoms with Gasteiger partial charge in [-0.25, -0.2) is 8.42 Å². The molecule has 1 heterocycles. The van der Waals surface area contributed by atoms with Crippen molar-refractivity contribution in [3.05, 3.63) is 87.9 Å². The molecule has 0 saturated carbocycles. The molecule has 2 amide bonds. The van der Waals surface area contributed by atoms with E-state index in [0.29, 0.717) is 52.6 Å². The first kappa shape index (κ1) is 34.4. The second kappa shape index (κ2) is 15.7. The predicted octanol–water partition coefficient (Wildman–Crippen LogP) is 5.72. The van der Waals surface area contributed by atoms with Crippen molar-refractivity contribution in [3.63, 3.8) is 0 Å². The third-order valence-electron chi connectivity index (χ3n) is 7.28. The summed E-state index contributed by atoms with van der Waals surface area (Å²) in [7, 11) is -3.69. The van der Waals surface area contributed by atoms with Crippen molar-refractivity contribution < 1.29 is 27.5 Å². The van der Waals surface area contributed by atoms with E-state index in [1.165, 1.54) is 9.21 Å². The number of carbonyl (C=O) groups excluding carboxylic acids is 2. The molecule has 45 heavy (non-hydrogen) atoms. The van der Waals surface area contributed by atoms with Crippen LogP contribution in [0.25, 0.3) is 0 Å². The van der Waals surface area contributed by atoms with E-state index in [1.807, 2.05) is 44.2 Å². The van der Waals surface area contributed by atoms with Crippen molar-refractivity contribution >= 4 is 50.7 Å². The van der Waals surface area contributed by atoms with Crippen LogP contribution in [0.15, 0.2) is 66.7 Å². The number of anilines is 1. The van der Waals surface area contributed by atoms with Gasteiger partial charge in [0.15, 0.2) is 11.5 Å². The van der Waals surface area contributed by atoms with Gasteiger partial charge in [-0.05, 0) is 47.7 Å². The molecule has 12 heteroatoms. The number of hydrogen-bond donors (Lipinski definition) is 1. The Balaban J connectivity index is 1.59. The lowest BCUT2D eigenvalue weighted by molar-refractivity contribution is -0.141. The summed E-state index contributed by atoms with van der Waals surface area (Å²) in [6.07, 6.45) is 1.60. The van der Waals surface area contributed by atoms with Gasteiger partial charge in [-0.1, -0.05) is 73.4 Å². The highest BCUT2D eigenvalue weighted by molar-refractivity contribution is 7.92. The van der Waals surface area contributed by atoms with Gasteiger partial charge in [-0.15, -0.1) is 0 Å². The SMILES string of the molecule is CC(C)CNC(=O)[C@@H](Cc1ccccc1)N(Cc1ccc(Cl)cc1Cl)C(=O)CCCN(c1ccc2c(c1)OCCO2)S(C)(=O)=O. The average molecular weight is 677 g/mol. The van der Waals surface area contributed by atoms with Crippen LogP contribution in [0.2, 0.25) is 10.0 Å². The minimum atomic E-state index is -3.69. The summed E-state index contributed by atoms with van der Waals surface area (Å²) >= 11 is 12.7. The lowest BCUT2D eigenvalue weighted by atomic mass is 10.0. The number of halogens is 2. The van der Waals surface area contributed by atoms with E-state index in [2.05, 4.69) is 5.32 Å². The largest absolute Gasteiger partial charge is 0.486 e. The highest BCUT2D eigenvalue weighted by Gasteiger charge is 2.31. The molecule has 3 aromatic carbocycles. The molecular formula is C33H39Cl2N3O6S. The normalized spacial score (nSPS) is 13.3. The molecule has 3 aromatic rings. The van der Waals surface area contributed by atoms with Crippen LogP contribution in [-0.2, 0) is 32.6 Å². The molecule has 1 N–H and O–H groups in total. The van der Waals surface area contributed by atoms with Gasteiger partial charge >= 0.3 is 0 Å². The molecule has 0 aromatic heterocycles. The fourth-order valence-electron chi connectivity index (χ4n) is 5.00. The van der Waals surface area contributed by atoms with E-state index in [-0.39, 0.29) is 50.1 Å². The Kier molecular flexibility index (Phi) is 12.0. The van der Waals surface area contributed by atoms with Crippen molar-refractivity contribution in [2.45, 2.75) is 45.7 Å². The summed E-state index contributed by atoms with van der Waals surface area (Å²) in [6, 6.07) is 18.6. The number of benzene rings is 3. The first-order valence-electron chi connectivity index (χ1n) is 14.8. The number of nitrogens with zero attached hydrogens (tertiary/aromatic N) is 2. The number of amides is 2. The summed E-state index contributed by atoms with van der Waals surface area (Å²) in [5, 5.41) is 3.83. The van der Waals surface area contributed by atoms with E-state index in [1.54, 1.807) is 36.4 Å². The predicted molar refractivity (Wildman–Crippen MR) is 178 cm³/mol. The standard InChI is InChI=1S/C33H39Cl2N3O6S/c1-23(2)21-36-33(40)29(18-24-8-5-4-6-9-24)37(22-25-11-12-26(34)19-28(25)35)32(39)10-7-15-38(45(3,41)42)27-13-14-30-31(20-27)44-17-16-43-30/h4-6,8-9,11-14,19-20,23,29H,7,10,15-18,21-22H2,1-3H3,(H,36,40)/t29-/m1/s1. The Morgan fingerprint density at radius 3 is 2.33 bits per heavy atom. The van der Waals surface area contributed by atoms with Gasteiger partial charge in [0.2, 0.25) is 21.8 Å². The summed E-state index contributed by atoms with van der Waals surface area (Å²) in [6.45, 7) is 5.35. The topological polar surface area (TPSA) is 105 Å². The molecular weight excluding hydrogens is 637 g/mol. The second-order valence-corrected chi connectivity index (χ2v) is 14.1. The van der Waals surface area contributed by atoms with Gasteiger partial charge in [-0.3, -0.25) is 13.9 Å². The fourth-order valence-corrected chi connectivity index (χ4v) is 6.43. The monoisotopic (exact) mass is 675 g/mol. The van der Waals surface area contributed by atoms with Gasteiger partial charge in [0.25, 0.3) is 0 Å². The third kappa shape index (κ3) is 9.76. The number of nitrogens with one attached hydrogen (secondary N) is 1. The molecule has 4 rings (SSSR count). The lowest BCUT2D eigenvalue weighted by Gasteiger charge is -2.32. The van der Waals surface area contributed by atoms with E-state index < -0.39 is 16.1 Å².